The number of hydrogen-bond donors (Lipinski definition) is 2. The zero-order chi connectivity index (χ0) is 13.8. The van der Waals surface area contributed by atoms with Crippen LogP contribution < -0.4 is 15.8 Å². The van der Waals surface area contributed by atoms with Gasteiger partial charge in [-0.3, -0.25) is 0 Å². The van der Waals surface area contributed by atoms with Gasteiger partial charge in [0.2, 0.25) is 0 Å². The highest BCUT2D eigenvalue weighted by atomic mass is 35.5. The van der Waals surface area contributed by atoms with Crippen LogP contribution in [0, 0.1) is 0 Å². The molecule has 0 aliphatic carbocycles. The topological polar surface area (TPSA) is 60.2 Å². The van der Waals surface area contributed by atoms with Gasteiger partial charge in [-0.2, -0.15) is 0 Å². The molecule has 1 aromatic carbocycles. The van der Waals surface area contributed by atoms with Gasteiger partial charge in [0.15, 0.2) is 0 Å². The van der Waals surface area contributed by atoms with Gasteiger partial charge in [0, 0.05) is 11.9 Å². The Bertz CT molecular complexity index is 619. The minimum atomic E-state index is 0.287. The number of nitrogens with zero attached hydrogens (tertiary/aromatic N) is 1. The molecule has 2 rings (SSSR count). The molecule has 98 valence electrons. The lowest BCUT2D eigenvalue weighted by Gasteiger charge is -2.11. The second-order valence-electron chi connectivity index (χ2n) is 3.74. The first-order valence-electron chi connectivity index (χ1n) is 5.47. The number of nitrogens with one attached hydrogen (secondary N) is 1. The molecule has 6 heteroatoms. The normalized spacial score (nSPS) is 10.0. The molecular formula is C13H12ClN3OS. The Morgan fingerprint density at radius 1 is 1.42 bits per heavy atom. The van der Waals surface area contributed by atoms with Gasteiger partial charge in [0.1, 0.15) is 16.6 Å². The molecule has 0 radical (unpaired) electrons. The quantitative estimate of drug-likeness (QED) is 0.848. The second kappa shape index (κ2) is 5.86. The summed E-state index contributed by atoms with van der Waals surface area (Å²) in [5.74, 6) is 1.21. The van der Waals surface area contributed by atoms with Crippen molar-refractivity contribution in [3.8, 4) is 5.75 Å². The van der Waals surface area contributed by atoms with Gasteiger partial charge in [-0.15, -0.1) is 0 Å². The number of hydrogen-bond acceptors (Lipinski definition) is 4. The van der Waals surface area contributed by atoms with Crippen LogP contribution in [0.25, 0.3) is 0 Å². The maximum absolute atomic E-state index is 6.06. The van der Waals surface area contributed by atoms with Crippen LogP contribution in [0.4, 0.5) is 11.5 Å². The highest BCUT2D eigenvalue weighted by Gasteiger charge is 2.07. The van der Waals surface area contributed by atoms with Crippen LogP contribution in [-0.2, 0) is 0 Å². The van der Waals surface area contributed by atoms with E-state index < -0.39 is 0 Å². The lowest BCUT2D eigenvalue weighted by Crippen LogP contribution is -2.12. The van der Waals surface area contributed by atoms with E-state index in [0.29, 0.717) is 22.2 Å². The van der Waals surface area contributed by atoms with E-state index in [-0.39, 0.29) is 4.99 Å². The Morgan fingerprint density at radius 2 is 2.21 bits per heavy atom. The number of rotatable bonds is 4. The summed E-state index contributed by atoms with van der Waals surface area (Å²) in [6.07, 6.45) is 1.66. The summed E-state index contributed by atoms with van der Waals surface area (Å²) in [6, 6.07) is 8.94. The first kappa shape index (κ1) is 13.6. The summed E-state index contributed by atoms with van der Waals surface area (Å²) in [5, 5.41) is 3.64. The highest BCUT2D eigenvalue weighted by Crippen LogP contribution is 2.29. The third-order valence-electron chi connectivity index (χ3n) is 2.49. The maximum Gasteiger partial charge on any atom is 0.140 e. The number of halogens is 1. The van der Waals surface area contributed by atoms with Crippen molar-refractivity contribution in [1.82, 2.24) is 4.98 Å². The molecule has 0 bridgehead atoms. The Morgan fingerprint density at radius 3 is 2.84 bits per heavy atom. The Kier molecular flexibility index (Phi) is 4.19. The minimum Gasteiger partial charge on any atom is -0.495 e. The van der Waals surface area contributed by atoms with Crippen molar-refractivity contribution in [2.24, 2.45) is 5.73 Å². The average molecular weight is 294 g/mol. The summed E-state index contributed by atoms with van der Waals surface area (Å²) in [5.41, 5.74) is 7.11. The fraction of sp³-hybridized carbons (Fsp3) is 0.0769. The fourth-order valence-electron chi connectivity index (χ4n) is 1.58. The molecule has 0 aliphatic rings. The van der Waals surface area contributed by atoms with Crippen LogP contribution in [0.15, 0.2) is 36.5 Å². The number of aromatic nitrogens is 1. The predicted octanol–water partition coefficient (Wildman–Crippen LogP) is 3.12. The number of nitrogens with two attached hydrogens (primary N) is 1. The molecule has 19 heavy (non-hydrogen) atoms. The van der Waals surface area contributed by atoms with Crippen LogP contribution in [0.5, 0.6) is 5.75 Å². The van der Waals surface area contributed by atoms with E-state index in [2.05, 4.69) is 10.3 Å². The molecule has 2 aromatic rings. The molecule has 0 atom stereocenters. The third kappa shape index (κ3) is 3.13. The Labute approximate surface area is 121 Å². The van der Waals surface area contributed by atoms with Crippen molar-refractivity contribution >= 4 is 40.3 Å². The maximum atomic E-state index is 6.06. The number of ether oxygens (including phenoxy) is 1. The van der Waals surface area contributed by atoms with E-state index >= 15 is 0 Å². The molecule has 0 unspecified atom stereocenters. The summed E-state index contributed by atoms with van der Waals surface area (Å²) >= 11 is 11.0. The first-order chi connectivity index (χ1) is 9.11. The lowest BCUT2D eigenvalue weighted by atomic mass is 10.2. The van der Waals surface area contributed by atoms with E-state index in [4.69, 9.17) is 34.3 Å². The molecule has 0 spiro atoms. The van der Waals surface area contributed by atoms with Crippen LogP contribution in [-0.4, -0.2) is 17.1 Å². The van der Waals surface area contributed by atoms with Crippen LogP contribution >= 0.6 is 23.8 Å². The molecule has 1 aromatic heterocycles. The Balaban J connectivity index is 2.31. The van der Waals surface area contributed by atoms with Crippen molar-refractivity contribution in [1.29, 1.82) is 0 Å². The van der Waals surface area contributed by atoms with Crippen molar-refractivity contribution in [2.45, 2.75) is 0 Å². The molecular weight excluding hydrogens is 282 g/mol. The molecule has 0 amide bonds. The average Bonchev–Trinajstić information content (AvgIpc) is 2.39. The van der Waals surface area contributed by atoms with Crippen LogP contribution in [0.3, 0.4) is 0 Å². The van der Waals surface area contributed by atoms with Crippen LogP contribution in [0.1, 0.15) is 5.56 Å². The van der Waals surface area contributed by atoms with E-state index in [0.717, 1.165) is 5.69 Å². The molecule has 0 saturated carbocycles. The number of pyridine rings is 1. The number of anilines is 2. The fourth-order valence-corrected chi connectivity index (χ4v) is 2.01. The smallest absolute Gasteiger partial charge is 0.140 e. The van der Waals surface area contributed by atoms with Gasteiger partial charge < -0.3 is 15.8 Å². The third-order valence-corrected chi connectivity index (χ3v) is 3.00. The Hall–Kier alpha value is -1.85. The van der Waals surface area contributed by atoms with Gasteiger partial charge in [-0.25, -0.2) is 4.98 Å². The van der Waals surface area contributed by atoms with Crippen molar-refractivity contribution in [3.05, 3.63) is 47.1 Å². The van der Waals surface area contributed by atoms with Crippen molar-refractivity contribution in [3.63, 3.8) is 0 Å². The number of benzene rings is 1. The summed E-state index contributed by atoms with van der Waals surface area (Å²) in [6.45, 7) is 0. The standard InChI is InChI=1S/C13H12ClN3OS/c1-18-11-5-4-8(7-10(11)14)17-13-9(12(15)19)3-2-6-16-13/h2-7H,1H3,(H2,15,19)(H,16,17). The van der Waals surface area contributed by atoms with Gasteiger partial charge in [0.25, 0.3) is 0 Å². The molecule has 0 saturated heterocycles. The summed E-state index contributed by atoms with van der Waals surface area (Å²) < 4.78 is 5.10. The SMILES string of the molecule is COc1ccc(Nc2ncccc2C(N)=S)cc1Cl. The van der Waals surface area contributed by atoms with Gasteiger partial charge >= 0.3 is 0 Å². The van der Waals surface area contributed by atoms with Gasteiger partial charge in [0.05, 0.1) is 17.7 Å². The first-order valence-corrected chi connectivity index (χ1v) is 6.26. The van der Waals surface area contributed by atoms with E-state index in [1.165, 1.54) is 0 Å². The van der Waals surface area contributed by atoms with E-state index in [1.807, 2.05) is 12.1 Å². The number of methoxy groups -OCH3 is 1. The highest BCUT2D eigenvalue weighted by molar-refractivity contribution is 7.80. The molecule has 1 heterocycles. The van der Waals surface area contributed by atoms with Gasteiger partial charge in [-0.1, -0.05) is 23.8 Å². The van der Waals surface area contributed by atoms with E-state index in [1.54, 1.807) is 31.5 Å². The molecule has 4 nitrogen and oxygen atoms in total. The van der Waals surface area contributed by atoms with Crippen LogP contribution in [0.2, 0.25) is 5.02 Å². The second-order valence-corrected chi connectivity index (χ2v) is 4.59. The van der Waals surface area contributed by atoms with E-state index in [9.17, 15) is 0 Å². The predicted molar refractivity (Wildman–Crippen MR) is 81.4 cm³/mol. The largest absolute Gasteiger partial charge is 0.495 e. The van der Waals surface area contributed by atoms with Crippen molar-refractivity contribution < 1.29 is 4.74 Å². The zero-order valence-electron chi connectivity index (χ0n) is 10.2. The summed E-state index contributed by atoms with van der Waals surface area (Å²) in [7, 11) is 1.57. The van der Waals surface area contributed by atoms with Gasteiger partial charge in [-0.05, 0) is 30.3 Å². The molecule has 0 aliphatic heterocycles. The monoisotopic (exact) mass is 293 g/mol. The van der Waals surface area contributed by atoms with Crippen molar-refractivity contribution in [2.75, 3.05) is 12.4 Å². The minimum absolute atomic E-state index is 0.287. The summed E-state index contributed by atoms with van der Waals surface area (Å²) in [4.78, 5) is 4.50. The molecule has 0 fully saturated rings. The zero-order valence-corrected chi connectivity index (χ0v) is 11.8. The number of thiocarbonyl (C=S) groups is 1. The molecule has 3 N–H and O–H groups in total. The lowest BCUT2D eigenvalue weighted by molar-refractivity contribution is 0.415.